The number of anilines is 2. The molecule has 1 amide bonds. The number of sulfonamides is 1. The number of amides is 1. The van der Waals surface area contributed by atoms with Crippen LogP contribution < -0.4 is 15.3 Å². The first kappa shape index (κ1) is 32.1. The van der Waals surface area contributed by atoms with Crippen LogP contribution in [-0.4, -0.2) is 70.2 Å². The molecule has 11 nitrogen and oxygen atoms in total. The highest BCUT2D eigenvalue weighted by Crippen LogP contribution is 2.38. The Hall–Kier alpha value is -4.29. The molecule has 13 heteroatoms. The molecule has 45 heavy (non-hydrogen) atoms. The Morgan fingerprint density at radius 1 is 1.13 bits per heavy atom. The van der Waals surface area contributed by atoms with Crippen molar-refractivity contribution in [1.82, 2.24) is 24.4 Å². The summed E-state index contributed by atoms with van der Waals surface area (Å²) in [4.78, 5) is 44.7. The first-order chi connectivity index (χ1) is 21.2. The molecule has 4 heterocycles. The monoisotopic (exact) mass is 649 g/mol. The van der Waals surface area contributed by atoms with Crippen molar-refractivity contribution in [2.45, 2.75) is 52.6 Å². The zero-order valence-electron chi connectivity index (χ0n) is 26.1. The first-order valence-electron chi connectivity index (χ1n) is 14.6. The molecule has 1 aromatic carbocycles. The number of aryl methyl sites for hydroxylation is 1. The second-order valence-electron chi connectivity index (χ2n) is 11.7. The van der Waals surface area contributed by atoms with E-state index in [0.717, 1.165) is 11.8 Å². The number of halogens is 1. The zero-order valence-corrected chi connectivity index (χ0v) is 27.6. The fourth-order valence-corrected chi connectivity index (χ4v) is 6.65. The van der Waals surface area contributed by atoms with Gasteiger partial charge in [-0.05, 0) is 56.5 Å². The lowest BCUT2D eigenvalue weighted by atomic mass is 10.0. The van der Waals surface area contributed by atoms with E-state index < -0.39 is 15.7 Å². The van der Waals surface area contributed by atoms with E-state index in [1.807, 2.05) is 45.6 Å². The fraction of sp³-hybridized carbons (Fsp3) is 0.344. The Morgan fingerprint density at radius 3 is 2.51 bits per heavy atom. The predicted octanol–water partition coefficient (Wildman–Crippen LogP) is 4.91. The van der Waals surface area contributed by atoms with Crippen molar-refractivity contribution >= 4 is 50.1 Å². The van der Waals surface area contributed by atoms with Crippen LogP contribution in [0.2, 0.25) is 5.02 Å². The highest BCUT2D eigenvalue weighted by molar-refractivity contribution is 7.92. The molecule has 3 aromatic heterocycles. The van der Waals surface area contributed by atoms with Crippen LogP contribution in [0.3, 0.4) is 0 Å². The van der Waals surface area contributed by atoms with Gasteiger partial charge in [-0.15, -0.1) is 0 Å². The normalized spacial score (nSPS) is 17.2. The minimum absolute atomic E-state index is 0.0238. The highest BCUT2D eigenvalue weighted by Gasteiger charge is 2.34. The van der Waals surface area contributed by atoms with Gasteiger partial charge in [0.2, 0.25) is 15.9 Å². The number of benzene rings is 1. The Labute approximate surface area is 267 Å². The quantitative estimate of drug-likeness (QED) is 0.280. The molecular weight excluding hydrogens is 614 g/mol. The van der Waals surface area contributed by atoms with E-state index in [-0.39, 0.29) is 34.6 Å². The molecule has 1 aliphatic heterocycles. The van der Waals surface area contributed by atoms with Gasteiger partial charge in [-0.25, -0.2) is 22.8 Å². The molecule has 0 spiro atoms. The summed E-state index contributed by atoms with van der Waals surface area (Å²) in [5.74, 6) is 0.211. The molecule has 0 aliphatic carbocycles. The van der Waals surface area contributed by atoms with E-state index in [0.29, 0.717) is 52.6 Å². The molecule has 1 fully saturated rings. The van der Waals surface area contributed by atoms with E-state index in [1.165, 1.54) is 10.6 Å². The SMILES string of the molecule is C=CC(=O)N1CC(C)N(c2nc(=O)n(-c3c(C)ccnc3C(C)C)c3nc(-c4ccccc4NS(C)(=O)=O)c(Cl)cc23)CC1C. The molecular formula is C32H36ClN7O4S. The lowest BCUT2D eigenvalue weighted by Crippen LogP contribution is -2.58. The molecule has 1 N–H and O–H groups in total. The third-order valence-electron chi connectivity index (χ3n) is 7.92. The van der Waals surface area contributed by atoms with Gasteiger partial charge in [0.15, 0.2) is 5.65 Å². The summed E-state index contributed by atoms with van der Waals surface area (Å²) in [6, 6.07) is 9.97. The number of fused-ring (bicyclic) bond motifs is 1. The number of carbonyl (C=O) groups excluding carboxylic acids is 1. The Bertz CT molecular complexity index is 1990. The molecule has 0 radical (unpaired) electrons. The van der Waals surface area contributed by atoms with E-state index in [4.69, 9.17) is 16.6 Å². The van der Waals surface area contributed by atoms with Crippen LogP contribution >= 0.6 is 11.6 Å². The molecule has 1 saturated heterocycles. The Balaban J connectivity index is 1.84. The Morgan fingerprint density at radius 2 is 1.84 bits per heavy atom. The van der Waals surface area contributed by atoms with Gasteiger partial charge >= 0.3 is 5.69 Å². The third-order valence-corrected chi connectivity index (χ3v) is 8.80. The summed E-state index contributed by atoms with van der Waals surface area (Å²) in [7, 11) is -3.62. The summed E-state index contributed by atoms with van der Waals surface area (Å²) >= 11 is 6.94. The Kier molecular flexibility index (Phi) is 8.74. The summed E-state index contributed by atoms with van der Waals surface area (Å²) in [6.45, 7) is 14.2. The number of pyridine rings is 2. The van der Waals surface area contributed by atoms with Gasteiger partial charge in [0.25, 0.3) is 0 Å². The molecule has 1 aliphatic rings. The topological polar surface area (TPSA) is 130 Å². The lowest BCUT2D eigenvalue weighted by molar-refractivity contribution is -0.128. The summed E-state index contributed by atoms with van der Waals surface area (Å²) in [6.07, 6.45) is 4.08. The maximum Gasteiger partial charge on any atom is 0.355 e. The van der Waals surface area contributed by atoms with Crippen molar-refractivity contribution in [3.8, 4) is 16.9 Å². The molecule has 4 aromatic rings. The molecule has 0 saturated carbocycles. The van der Waals surface area contributed by atoms with Gasteiger partial charge in [0.05, 0.1) is 39.4 Å². The maximum atomic E-state index is 14.2. The second kappa shape index (κ2) is 12.2. The fourth-order valence-electron chi connectivity index (χ4n) is 5.82. The van der Waals surface area contributed by atoms with E-state index in [9.17, 15) is 18.0 Å². The van der Waals surface area contributed by atoms with Crippen molar-refractivity contribution in [2.24, 2.45) is 0 Å². The van der Waals surface area contributed by atoms with Crippen LogP contribution in [0.25, 0.3) is 28.0 Å². The van der Waals surface area contributed by atoms with Gasteiger partial charge in [0, 0.05) is 36.9 Å². The second-order valence-corrected chi connectivity index (χ2v) is 13.9. The standard InChI is InChI=1S/C32H36ClN7O4S/c1-8-26(41)38-16-21(6)39(17-20(38)5)30-23-15-24(33)28(22-11-9-10-12-25(22)37-45(7,43)44)35-31(23)40(32(42)36-30)29-19(4)13-14-34-27(29)18(2)3/h8-15,18,20-21,37H,1,16-17H2,2-7H3. The maximum absolute atomic E-state index is 14.2. The van der Waals surface area contributed by atoms with Crippen LogP contribution in [0, 0.1) is 6.92 Å². The summed E-state index contributed by atoms with van der Waals surface area (Å²) < 4.78 is 28.4. The number of aromatic nitrogens is 4. The third kappa shape index (κ3) is 6.16. The lowest BCUT2D eigenvalue weighted by Gasteiger charge is -2.44. The van der Waals surface area contributed by atoms with Crippen LogP contribution in [0.4, 0.5) is 11.5 Å². The highest BCUT2D eigenvalue weighted by atomic mass is 35.5. The number of rotatable bonds is 7. The number of hydrogen-bond donors (Lipinski definition) is 1. The van der Waals surface area contributed by atoms with Crippen molar-refractivity contribution in [3.63, 3.8) is 0 Å². The van der Waals surface area contributed by atoms with Crippen LogP contribution in [-0.2, 0) is 14.8 Å². The molecule has 0 bridgehead atoms. The molecule has 5 rings (SSSR count). The molecule has 2 atom stereocenters. The average Bonchev–Trinajstić information content (AvgIpc) is 2.97. The van der Waals surface area contributed by atoms with Gasteiger partial charge < -0.3 is 9.80 Å². The van der Waals surface area contributed by atoms with Crippen LogP contribution in [0.1, 0.15) is 44.9 Å². The van der Waals surface area contributed by atoms with Gasteiger partial charge in [-0.2, -0.15) is 4.98 Å². The average molecular weight is 650 g/mol. The minimum Gasteiger partial charge on any atom is -0.349 e. The van der Waals surface area contributed by atoms with E-state index in [1.54, 1.807) is 41.4 Å². The van der Waals surface area contributed by atoms with Crippen molar-refractivity contribution in [2.75, 3.05) is 29.0 Å². The predicted molar refractivity (Wildman–Crippen MR) is 179 cm³/mol. The number of hydrogen-bond acceptors (Lipinski definition) is 8. The van der Waals surface area contributed by atoms with E-state index >= 15 is 0 Å². The van der Waals surface area contributed by atoms with Gasteiger partial charge in [0.1, 0.15) is 5.82 Å². The van der Waals surface area contributed by atoms with Crippen LogP contribution in [0.5, 0.6) is 0 Å². The van der Waals surface area contributed by atoms with Crippen molar-refractivity contribution in [1.29, 1.82) is 0 Å². The molecule has 236 valence electrons. The largest absolute Gasteiger partial charge is 0.355 e. The number of piperazine rings is 1. The number of nitrogens with one attached hydrogen (secondary N) is 1. The van der Waals surface area contributed by atoms with E-state index in [2.05, 4.69) is 21.3 Å². The number of nitrogens with zero attached hydrogens (tertiary/aromatic N) is 6. The van der Waals surface area contributed by atoms with Gasteiger partial charge in [-0.3, -0.25) is 14.5 Å². The van der Waals surface area contributed by atoms with Gasteiger partial charge in [-0.1, -0.05) is 50.2 Å². The van der Waals surface area contributed by atoms with Crippen molar-refractivity contribution in [3.05, 3.63) is 82.0 Å². The smallest absolute Gasteiger partial charge is 0.349 e. The number of para-hydroxylation sites is 1. The minimum atomic E-state index is -3.62. The summed E-state index contributed by atoms with van der Waals surface area (Å²) in [5.41, 5.74) is 2.85. The first-order valence-corrected chi connectivity index (χ1v) is 16.8. The summed E-state index contributed by atoms with van der Waals surface area (Å²) in [5, 5.41) is 0.768. The zero-order chi connectivity index (χ0) is 32.8. The van der Waals surface area contributed by atoms with Crippen molar-refractivity contribution < 1.29 is 13.2 Å². The molecule has 2 unspecified atom stereocenters. The number of carbonyl (C=O) groups is 1. The van der Waals surface area contributed by atoms with Crippen LogP contribution in [0.15, 0.2) is 60.0 Å².